The number of halogens is 3. The van der Waals surface area contributed by atoms with E-state index in [1.165, 1.54) is 10.8 Å². The fraction of sp³-hybridized carbons (Fsp3) is 0.115. The molecular weight excluding hydrogens is 463 g/mol. The second kappa shape index (κ2) is 7.70. The lowest BCUT2D eigenvalue weighted by atomic mass is 9.95. The standard InChI is InChI=1S/C26H17Cl3N2O/c27-19-9-7-16(8-10-19)26-31-24(21-12-20(28)13-22(29)25(21)32-26)14-23(30-31)18-6-5-15-3-1-2-4-17(15)11-18/h1-13,24,26H,14H2/t24-,26-/m1/s1. The van der Waals surface area contributed by atoms with E-state index in [9.17, 15) is 0 Å². The van der Waals surface area contributed by atoms with Gasteiger partial charge in [0.25, 0.3) is 0 Å². The fourth-order valence-corrected chi connectivity index (χ4v) is 5.18. The molecule has 0 bridgehead atoms. The molecule has 0 fully saturated rings. The number of fused-ring (bicyclic) bond motifs is 4. The third-order valence-corrected chi connectivity index (χ3v) is 6.80. The van der Waals surface area contributed by atoms with Gasteiger partial charge in [0.05, 0.1) is 16.8 Å². The maximum Gasteiger partial charge on any atom is 0.213 e. The van der Waals surface area contributed by atoms with Crippen molar-refractivity contribution >= 4 is 51.3 Å². The highest BCUT2D eigenvalue weighted by molar-refractivity contribution is 6.35. The van der Waals surface area contributed by atoms with Crippen molar-refractivity contribution in [1.82, 2.24) is 5.01 Å². The second-order valence-electron chi connectivity index (χ2n) is 8.04. The molecule has 0 saturated carbocycles. The summed E-state index contributed by atoms with van der Waals surface area (Å²) in [6.07, 6.45) is 0.316. The van der Waals surface area contributed by atoms with Crippen LogP contribution in [0, 0.1) is 0 Å². The summed E-state index contributed by atoms with van der Waals surface area (Å²) in [5.74, 6) is 0.659. The lowest BCUT2D eigenvalue weighted by Gasteiger charge is -2.38. The third kappa shape index (κ3) is 3.32. The van der Waals surface area contributed by atoms with Crippen molar-refractivity contribution in [3.63, 3.8) is 0 Å². The van der Waals surface area contributed by atoms with Gasteiger partial charge in [0, 0.05) is 27.6 Å². The largest absolute Gasteiger partial charge is 0.463 e. The van der Waals surface area contributed by atoms with Crippen LogP contribution in [0.3, 0.4) is 0 Å². The highest BCUT2D eigenvalue weighted by atomic mass is 35.5. The Labute approximate surface area is 200 Å². The SMILES string of the molecule is Clc1ccc([C@H]2Oc3c(Cl)cc(Cl)cc3[C@H]3CC(c4ccc5ccccc5c4)=NN32)cc1. The van der Waals surface area contributed by atoms with E-state index in [2.05, 4.69) is 36.4 Å². The molecule has 4 aromatic rings. The molecule has 158 valence electrons. The summed E-state index contributed by atoms with van der Waals surface area (Å²) < 4.78 is 6.40. The van der Waals surface area contributed by atoms with E-state index in [0.717, 1.165) is 28.8 Å². The molecular formula is C26H17Cl3N2O. The van der Waals surface area contributed by atoms with Gasteiger partial charge in [-0.25, -0.2) is 5.01 Å². The molecule has 0 aliphatic carbocycles. The Morgan fingerprint density at radius 3 is 2.41 bits per heavy atom. The van der Waals surface area contributed by atoms with Gasteiger partial charge in [0.2, 0.25) is 6.23 Å². The van der Waals surface area contributed by atoms with Crippen LogP contribution in [0.25, 0.3) is 10.8 Å². The molecule has 6 heteroatoms. The summed E-state index contributed by atoms with van der Waals surface area (Å²) >= 11 is 19.0. The quantitative estimate of drug-likeness (QED) is 0.290. The molecule has 2 heterocycles. The molecule has 0 aromatic heterocycles. The molecule has 0 saturated heterocycles. The predicted octanol–water partition coefficient (Wildman–Crippen LogP) is 8.04. The van der Waals surface area contributed by atoms with Gasteiger partial charge in [-0.05, 0) is 46.7 Å². The summed E-state index contributed by atoms with van der Waals surface area (Å²) in [6.45, 7) is 0. The van der Waals surface area contributed by atoms with Gasteiger partial charge < -0.3 is 4.74 Å². The van der Waals surface area contributed by atoms with Crippen LogP contribution < -0.4 is 4.74 Å². The zero-order valence-corrected chi connectivity index (χ0v) is 19.1. The van der Waals surface area contributed by atoms with E-state index in [4.69, 9.17) is 44.6 Å². The lowest BCUT2D eigenvalue weighted by Crippen LogP contribution is -2.33. The number of hydrazone groups is 1. The Bertz CT molecular complexity index is 1380. The number of hydrogen-bond donors (Lipinski definition) is 0. The highest BCUT2D eigenvalue weighted by Crippen LogP contribution is 2.50. The maximum atomic E-state index is 6.55. The summed E-state index contributed by atoms with van der Waals surface area (Å²) in [5.41, 5.74) is 4.02. The van der Waals surface area contributed by atoms with Crippen LogP contribution in [-0.2, 0) is 0 Å². The first-order valence-corrected chi connectivity index (χ1v) is 11.5. The Kier molecular flexibility index (Phi) is 4.80. The van der Waals surface area contributed by atoms with Gasteiger partial charge >= 0.3 is 0 Å². The lowest BCUT2D eigenvalue weighted by molar-refractivity contribution is -0.0189. The number of hydrogen-bond acceptors (Lipinski definition) is 3. The average Bonchev–Trinajstić information content (AvgIpc) is 3.25. The van der Waals surface area contributed by atoms with Crippen molar-refractivity contribution in [3.8, 4) is 5.75 Å². The van der Waals surface area contributed by atoms with Gasteiger partial charge in [-0.15, -0.1) is 0 Å². The molecule has 6 rings (SSSR count). The normalized spacial score (nSPS) is 19.3. The van der Waals surface area contributed by atoms with Crippen molar-refractivity contribution in [2.45, 2.75) is 18.7 Å². The Hall–Kier alpha value is -2.72. The molecule has 0 radical (unpaired) electrons. The van der Waals surface area contributed by atoms with Crippen molar-refractivity contribution in [3.05, 3.63) is 111 Å². The molecule has 0 spiro atoms. The zero-order chi connectivity index (χ0) is 21.8. The minimum absolute atomic E-state index is 0.0305. The molecule has 0 N–H and O–H groups in total. The monoisotopic (exact) mass is 478 g/mol. The van der Waals surface area contributed by atoms with E-state index in [1.807, 2.05) is 41.4 Å². The molecule has 2 atom stereocenters. The first-order valence-electron chi connectivity index (χ1n) is 10.3. The smallest absolute Gasteiger partial charge is 0.213 e. The minimum Gasteiger partial charge on any atom is -0.463 e. The van der Waals surface area contributed by atoms with Crippen LogP contribution in [0.5, 0.6) is 5.75 Å². The number of nitrogens with zero attached hydrogens (tertiary/aromatic N) is 2. The molecule has 0 unspecified atom stereocenters. The van der Waals surface area contributed by atoms with E-state index in [1.54, 1.807) is 6.07 Å². The van der Waals surface area contributed by atoms with Crippen LogP contribution >= 0.6 is 34.8 Å². The molecule has 4 aromatic carbocycles. The van der Waals surface area contributed by atoms with Gasteiger partial charge in [-0.3, -0.25) is 0 Å². The minimum atomic E-state index is -0.415. The summed E-state index contributed by atoms with van der Waals surface area (Å²) in [5, 5.41) is 11.2. The van der Waals surface area contributed by atoms with Crippen LogP contribution in [0.4, 0.5) is 0 Å². The average molecular weight is 480 g/mol. The van der Waals surface area contributed by atoms with Crippen molar-refractivity contribution in [2.75, 3.05) is 0 Å². The number of ether oxygens (including phenoxy) is 1. The molecule has 2 aliphatic heterocycles. The highest BCUT2D eigenvalue weighted by Gasteiger charge is 2.42. The second-order valence-corrected chi connectivity index (χ2v) is 9.32. The molecule has 3 nitrogen and oxygen atoms in total. The topological polar surface area (TPSA) is 24.8 Å². The summed E-state index contributed by atoms with van der Waals surface area (Å²) in [4.78, 5) is 0. The van der Waals surface area contributed by atoms with Crippen molar-refractivity contribution in [2.24, 2.45) is 5.10 Å². The molecule has 32 heavy (non-hydrogen) atoms. The van der Waals surface area contributed by atoms with Crippen molar-refractivity contribution in [1.29, 1.82) is 0 Å². The Morgan fingerprint density at radius 2 is 1.59 bits per heavy atom. The van der Waals surface area contributed by atoms with Crippen LogP contribution in [0.2, 0.25) is 15.1 Å². The van der Waals surface area contributed by atoms with E-state index < -0.39 is 6.23 Å². The molecule has 0 amide bonds. The summed E-state index contributed by atoms with van der Waals surface area (Å²) in [6, 6.07) is 26.1. The summed E-state index contributed by atoms with van der Waals surface area (Å²) in [7, 11) is 0. The van der Waals surface area contributed by atoms with Gasteiger partial charge in [-0.2, -0.15) is 5.10 Å². The molecule has 2 aliphatic rings. The number of benzene rings is 4. The Balaban J connectivity index is 1.47. The maximum absolute atomic E-state index is 6.55. The van der Waals surface area contributed by atoms with Gasteiger partial charge in [0.15, 0.2) is 0 Å². The van der Waals surface area contributed by atoms with Crippen LogP contribution in [-0.4, -0.2) is 10.7 Å². The van der Waals surface area contributed by atoms with Crippen molar-refractivity contribution < 1.29 is 4.74 Å². The van der Waals surface area contributed by atoms with Crippen LogP contribution in [0.1, 0.15) is 35.4 Å². The first-order chi connectivity index (χ1) is 15.6. The zero-order valence-electron chi connectivity index (χ0n) is 16.8. The number of rotatable bonds is 2. The fourth-order valence-electron chi connectivity index (χ4n) is 4.51. The van der Waals surface area contributed by atoms with E-state index >= 15 is 0 Å². The first kappa shape index (κ1) is 19.9. The predicted molar refractivity (Wildman–Crippen MR) is 131 cm³/mol. The van der Waals surface area contributed by atoms with E-state index in [0.29, 0.717) is 20.8 Å². The van der Waals surface area contributed by atoms with Gasteiger partial charge in [-0.1, -0.05) is 83.3 Å². The Morgan fingerprint density at radius 1 is 0.812 bits per heavy atom. The van der Waals surface area contributed by atoms with Crippen LogP contribution in [0.15, 0.2) is 84.0 Å². The van der Waals surface area contributed by atoms with E-state index in [-0.39, 0.29) is 6.04 Å². The van der Waals surface area contributed by atoms with Gasteiger partial charge in [0.1, 0.15) is 5.75 Å². The third-order valence-electron chi connectivity index (χ3n) is 6.05.